The molecule has 48 valence electrons. The number of carbonyl (C=O) groups excluding carboxylic acids is 1. The summed E-state index contributed by atoms with van der Waals surface area (Å²) in [6.07, 6.45) is 0. The molecule has 0 spiro atoms. The molecular formula is C4H7ClO3. The van der Waals surface area contributed by atoms with Crippen molar-refractivity contribution in [3.8, 4) is 0 Å². The predicted octanol–water partition coefficient (Wildman–Crippen LogP) is -0.241. The van der Waals surface area contributed by atoms with Gasteiger partial charge in [0.15, 0.2) is 5.38 Å². The van der Waals surface area contributed by atoms with Gasteiger partial charge in [0.1, 0.15) is 0 Å². The fourth-order valence-electron chi connectivity index (χ4n) is 0.202. The third kappa shape index (κ3) is 2.14. The minimum atomic E-state index is -0.917. The van der Waals surface area contributed by atoms with Gasteiger partial charge in [0.25, 0.3) is 0 Å². The van der Waals surface area contributed by atoms with Gasteiger partial charge in [0.2, 0.25) is 0 Å². The van der Waals surface area contributed by atoms with E-state index in [1.54, 1.807) is 0 Å². The maximum Gasteiger partial charge on any atom is 0.326 e. The molecule has 0 fully saturated rings. The maximum atomic E-state index is 10.2. The fraction of sp³-hybridized carbons (Fsp3) is 0.750. The maximum absolute atomic E-state index is 10.2. The zero-order chi connectivity index (χ0) is 6.57. The van der Waals surface area contributed by atoms with Gasteiger partial charge in [0.05, 0.1) is 13.7 Å². The van der Waals surface area contributed by atoms with Crippen LogP contribution in [0.3, 0.4) is 0 Å². The van der Waals surface area contributed by atoms with E-state index in [1.807, 2.05) is 0 Å². The molecule has 1 atom stereocenters. The second-order valence-electron chi connectivity index (χ2n) is 1.17. The molecule has 0 bridgehead atoms. The summed E-state index contributed by atoms with van der Waals surface area (Å²) in [5.74, 6) is -0.603. The first-order chi connectivity index (χ1) is 3.72. The highest BCUT2D eigenvalue weighted by Gasteiger charge is 2.12. The SMILES string of the molecule is COC(=O)[C@H](Cl)CO. The lowest BCUT2D eigenvalue weighted by atomic mass is 10.5. The standard InChI is InChI=1S/C4H7ClO3/c1-8-4(7)3(5)2-6/h3,6H,2H2,1H3/t3-/m1/s1. The first-order valence-electron chi connectivity index (χ1n) is 2.05. The van der Waals surface area contributed by atoms with Gasteiger partial charge in [-0.05, 0) is 0 Å². The van der Waals surface area contributed by atoms with Gasteiger partial charge in [-0.25, -0.2) is 0 Å². The number of esters is 1. The molecule has 0 aromatic rings. The Kier molecular flexibility index (Phi) is 3.56. The van der Waals surface area contributed by atoms with Crippen molar-refractivity contribution in [1.82, 2.24) is 0 Å². The van der Waals surface area contributed by atoms with E-state index < -0.39 is 11.3 Å². The summed E-state index contributed by atoms with van der Waals surface area (Å²) in [5.41, 5.74) is 0. The number of hydrogen-bond acceptors (Lipinski definition) is 3. The Bertz CT molecular complexity index is 83.4. The Morgan fingerprint density at radius 3 is 2.62 bits per heavy atom. The second-order valence-corrected chi connectivity index (χ2v) is 1.70. The van der Waals surface area contributed by atoms with Crippen LogP contribution in [0.25, 0.3) is 0 Å². The fourth-order valence-corrected chi connectivity index (χ4v) is 0.291. The van der Waals surface area contributed by atoms with E-state index in [9.17, 15) is 4.79 Å². The van der Waals surface area contributed by atoms with Gasteiger partial charge >= 0.3 is 5.97 Å². The van der Waals surface area contributed by atoms with Crippen molar-refractivity contribution in [2.45, 2.75) is 5.38 Å². The van der Waals surface area contributed by atoms with E-state index in [0.29, 0.717) is 0 Å². The molecule has 0 saturated heterocycles. The average Bonchev–Trinajstić information content (AvgIpc) is 1.84. The van der Waals surface area contributed by atoms with Crippen molar-refractivity contribution < 1.29 is 14.6 Å². The summed E-state index contributed by atoms with van der Waals surface area (Å²) in [5, 5.41) is 7.29. The molecule has 1 N–H and O–H groups in total. The summed E-state index contributed by atoms with van der Waals surface area (Å²) in [6, 6.07) is 0. The average molecular weight is 139 g/mol. The molecular weight excluding hydrogens is 131 g/mol. The van der Waals surface area contributed by atoms with Crippen molar-refractivity contribution in [3.63, 3.8) is 0 Å². The van der Waals surface area contributed by atoms with Crippen molar-refractivity contribution >= 4 is 17.6 Å². The number of methoxy groups -OCH3 is 1. The third-order valence-electron chi connectivity index (χ3n) is 0.617. The predicted molar refractivity (Wildman–Crippen MR) is 28.7 cm³/mol. The molecule has 0 aromatic carbocycles. The highest BCUT2D eigenvalue weighted by molar-refractivity contribution is 6.30. The molecule has 8 heavy (non-hydrogen) atoms. The summed E-state index contributed by atoms with van der Waals surface area (Å²) < 4.78 is 4.17. The van der Waals surface area contributed by atoms with Crippen LogP contribution in [-0.2, 0) is 9.53 Å². The number of ether oxygens (including phenoxy) is 1. The summed E-state index contributed by atoms with van der Waals surface area (Å²) in [6.45, 7) is -0.381. The molecule has 0 saturated carbocycles. The molecule has 0 rings (SSSR count). The number of hydrogen-bond donors (Lipinski definition) is 1. The Morgan fingerprint density at radius 1 is 2.00 bits per heavy atom. The van der Waals surface area contributed by atoms with E-state index in [-0.39, 0.29) is 6.61 Å². The molecule has 0 radical (unpaired) electrons. The van der Waals surface area contributed by atoms with Crippen LogP contribution in [0.15, 0.2) is 0 Å². The molecule has 0 aliphatic heterocycles. The summed E-state index contributed by atoms with van der Waals surface area (Å²) >= 11 is 5.19. The zero-order valence-corrected chi connectivity index (χ0v) is 5.18. The minimum absolute atomic E-state index is 0.381. The molecule has 0 aliphatic rings. The number of halogens is 1. The lowest BCUT2D eigenvalue weighted by Crippen LogP contribution is -2.19. The van der Waals surface area contributed by atoms with E-state index in [1.165, 1.54) is 7.11 Å². The highest BCUT2D eigenvalue weighted by Crippen LogP contribution is 1.94. The van der Waals surface area contributed by atoms with Crippen molar-refractivity contribution in [2.75, 3.05) is 13.7 Å². The van der Waals surface area contributed by atoms with Crippen molar-refractivity contribution in [1.29, 1.82) is 0 Å². The number of aliphatic hydroxyl groups excluding tert-OH is 1. The number of carbonyl (C=O) groups is 1. The van der Waals surface area contributed by atoms with Crippen LogP contribution in [0.2, 0.25) is 0 Å². The van der Waals surface area contributed by atoms with Gasteiger partial charge in [-0.3, -0.25) is 4.79 Å². The molecule has 0 amide bonds. The monoisotopic (exact) mass is 138 g/mol. The molecule has 0 aromatic heterocycles. The van der Waals surface area contributed by atoms with Crippen LogP contribution < -0.4 is 0 Å². The molecule has 0 heterocycles. The van der Waals surface area contributed by atoms with Gasteiger partial charge in [-0.15, -0.1) is 11.6 Å². The van der Waals surface area contributed by atoms with Crippen LogP contribution in [0.4, 0.5) is 0 Å². The quantitative estimate of drug-likeness (QED) is 0.423. The molecule has 0 aliphatic carbocycles. The first-order valence-corrected chi connectivity index (χ1v) is 2.48. The van der Waals surface area contributed by atoms with Crippen LogP contribution >= 0.6 is 11.6 Å². The second kappa shape index (κ2) is 3.69. The van der Waals surface area contributed by atoms with E-state index in [0.717, 1.165) is 0 Å². The van der Waals surface area contributed by atoms with Crippen molar-refractivity contribution in [3.05, 3.63) is 0 Å². The van der Waals surface area contributed by atoms with Crippen LogP contribution in [0, 0.1) is 0 Å². The van der Waals surface area contributed by atoms with Gasteiger partial charge < -0.3 is 9.84 Å². The van der Waals surface area contributed by atoms with Gasteiger partial charge in [-0.1, -0.05) is 0 Å². The smallest absolute Gasteiger partial charge is 0.326 e. The van der Waals surface area contributed by atoms with Crippen LogP contribution in [-0.4, -0.2) is 30.2 Å². The van der Waals surface area contributed by atoms with Crippen LogP contribution in [0.5, 0.6) is 0 Å². The van der Waals surface area contributed by atoms with Gasteiger partial charge in [-0.2, -0.15) is 0 Å². The zero-order valence-electron chi connectivity index (χ0n) is 4.43. The Hall–Kier alpha value is -0.280. The van der Waals surface area contributed by atoms with E-state index in [2.05, 4.69) is 4.74 Å². The topological polar surface area (TPSA) is 46.5 Å². The van der Waals surface area contributed by atoms with E-state index >= 15 is 0 Å². The van der Waals surface area contributed by atoms with Crippen molar-refractivity contribution in [2.24, 2.45) is 0 Å². The lowest BCUT2D eigenvalue weighted by Gasteiger charge is -1.99. The largest absolute Gasteiger partial charge is 0.468 e. The summed E-state index contributed by atoms with van der Waals surface area (Å²) in [7, 11) is 1.22. The molecule has 3 nitrogen and oxygen atoms in total. The number of aliphatic hydroxyl groups is 1. The third-order valence-corrected chi connectivity index (χ3v) is 0.933. The summed E-state index contributed by atoms with van der Waals surface area (Å²) in [4.78, 5) is 10.2. The first kappa shape index (κ1) is 7.72. The Labute approximate surface area is 52.2 Å². The minimum Gasteiger partial charge on any atom is -0.468 e. The highest BCUT2D eigenvalue weighted by atomic mass is 35.5. The molecule has 0 unspecified atom stereocenters. The lowest BCUT2D eigenvalue weighted by molar-refractivity contribution is -0.140. The molecule has 4 heteroatoms. The normalized spacial score (nSPS) is 12.9. The number of alkyl halides is 1. The Balaban J connectivity index is 3.46. The van der Waals surface area contributed by atoms with Gasteiger partial charge in [0, 0.05) is 0 Å². The number of rotatable bonds is 2. The van der Waals surface area contributed by atoms with E-state index in [4.69, 9.17) is 16.7 Å². The van der Waals surface area contributed by atoms with Crippen LogP contribution in [0.1, 0.15) is 0 Å². The Morgan fingerprint density at radius 2 is 2.50 bits per heavy atom.